The molecule has 2 aliphatic rings. The first-order valence-corrected chi connectivity index (χ1v) is 13.9. The number of benzene rings is 1. The average molecular weight is 541 g/mol. The number of amides is 3. The lowest BCUT2D eigenvalue weighted by atomic mass is 9.96. The van der Waals surface area contributed by atoms with Gasteiger partial charge in [0.05, 0.1) is 24.9 Å². The van der Waals surface area contributed by atoms with E-state index >= 15 is 0 Å². The molecule has 0 unspecified atom stereocenters. The largest absolute Gasteiger partial charge is 0.493 e. The molecule has 2 aliphatic heterocycles. The van der Waals surface area contributed by atoms with Gasteiger partial charge in [0.2, 0.25) is 11.8 Å². The Morgan fingerprint density at radius 1 is 1.21 bits per heavy atom. The van der Waals surface area contributed by atoms with E-state index in [1.807, 2.05) is 4.90 Å². The Hall–Kier alpha value is -3.63. The molecule has 2 bridgehead atoms. The number of nitrogens with zero attached hydrogens (tertiary/aromatic N) is 5. The van der Waals surface area contributed by atoms with E-state index in [-0.39, 0.29) is 48.6 Å². The predicted molar refractivity (Wildman–Crippen MR) is 144 cm³/mol. The van der Waals surface area contributed by atoms with Gasteiger partial charge in [0.1, 0.15) is 12.3 Å². The van der Waals surface area contributed by atoms with E-state index in [0.29, 0.717) is 48.9 Å². The van der Waals surface area contributed by atoms with Gasteiger partial charge >= 0.3 is 0 Å². The minimum atomic E-state index is -0.243. The summed E-state index contributed by atoms with van der Waals surface area (Å²) < 4.78 is 13.3. The van der Waals surface area contributed by atoms with Gasteiger partial charge in [0, 0.05) is 51.5 Å². The van der Waals surface area contributed by atoms with Crippen LogP contribution >= 0.6 is 0 Å². The van der Waals surface area contributed by atoms with Crippen LogP contribution in [0.1, 0.15) is 68.0 Å². The Kier molecular flexibility index (Phi) is 9.42. The second kappa shape index (κ2) is 12.9. The van der Waals surface area contributed by atoms with Crippen LogP contribution in [-0.2, 0) is 16.2 Å². The van der Waals surface area contributed by atoms with Crippen molar-refractivity contribution in [3.8, 4) is 11.5 Å². The fourth-order valence-electron chi connectivity index (χ4n) is 5.54. The van der Waals surface area contributed by atoms with E-state index in [1.54, 1.807) is 41.0 Å². The molecule has 3 heterocycles. The van der Waals surface area contributed by atoms with E-state index in [9.17, 15) is 14.4 Å². The Balaban J connectivity index is 1.62. The van der Waals surface area contributed by atoms with Gasteiger partial charge in [-0.2, -0.15) is 0 Å². The SMILES string of the molecule is CCCC(CCC)C(=O)N1C[C@@H]2CC(=O)NCCN(C)C(=O)c3cccc(OC)c3OCc3cn(nn3)[C@@H]2C1. The highest BCUT2D eigenvalue weighted by Gasteiger charge is 2.40. The third-order valence-electron chi connectivity index (χ3n) is 7.60. The third-order valence-corrected chi connectivity index (χ3v) is 7.60. The maximum absolute atomic E-state index is 13.5. The molecule has 11 nitrogen and oxygen atoms in total. The quantitative estimate of drug-likeness (QED) is 0.598. The summed E-state index contributed by atoms with van der Waals surface area (Å²) in [5.74, 6) is 0.457. The molecule has 11 heteroatoms. The number of carbonyl (C=O) groups excluding carboxylic acids is 3. The van der Waals surface area contributed by atoms with E-state index in [4.69, 9.17) is 9.47 Å². The number of carbonyl (C=O) groups is 3. The van der Waals surface area contributed by atoms with Gasteiger partial charge in [-0.25, -0.2) is 4.68 Å². The molecule has 1 N–H and O–H groups in total. The zero-order valence-electron chi connectivity index (χ0n) is 23.4. The molecule has 39 heavy (non-hydrogen) atoms. The number of ether oxygens (including phenoxy) is 2. The zero-order chi connectivity index (χ0) is 27.9. The minimum Gasteiger partial charge on any atom is -0.493 e. The Labute approximate surface area is 229 Å². The van der Waals surface area contributed by atoms with Crippen LogP contribution in [0.4, 0.5) is 0 Å². The minimum absolute atomic E-state index is 0.00216. The molecule has 4 rings (SSSR count). The number of hydrogen-bond acceptors (Lipinski definition) is 7. The third kappa shape index (κ3) is 6.51. The molecule has 0 spiro atoms. The summed E-state index contributed by atoms with van der Waals surface area (Å²) in [6.45, 7) is 5.91. The second-order valence-corrected chi connectivity index (χ2v) is 10.4. The molecule has 0 radical (unpaired) electrons. The maximum atomic E-state index is 13.5. The van der Waals surface area contributed by atoms with Gasteiger partial charge in [-0.15, -0.1) is 5.10 Å². The van der Waals surface area contributed by atoms with Gasteiger partial charge in [-0.05, 0) is 25.0 Å². The van der Waals surface area contributed by atoms with Crippen LogP contribution in [0.15, 0.2) is 24.4 Å². The van der Waals surface area contributed by atoms with Crippen LogP contribution in [0.2, 0.25) is 0 Å². The molecule has 0 aliphatic carbocycles. The summed E-state index contributed by atoms with van der Waals surface area (Å²) in [6.07, 6.45) is 5.69. The molecule has 1 saturated heterocycles. The first-order chi connectivity index (χ1) is 18.9. The summed E-state index contributed by atoms with van der Waals surface area (Å²) in [4.78, 5) is 43.1. The second-order valence-electron chi connectivity index (χ2n) is 10.4. The van der Waals surface area contributed by atoms with Crippen molar-refractivity contribution in [1.82, 2.24) is 30.1 Å². The monoisotopic (exact) mass is 540 g/mol. The number of rotatable bonds is 6. The number of fused-ring (bicyclic) bond motifs is 5. The van der Waals surface area contributed by atoms with E-state index in [1.165, 1.54) is 7.11 Å². The van der Waals surface area contributed by atoms with E-state index in [2.05, 4.69) is 29.5 Å². The molecule has 2 aromatic rings. The lowest BCUT2D eigenvalue weighted by Gasteiger charge is -2.23. The van der Waals surface area contributed by atoms with Crippen molar-refractivity contribution in [2.45, 2.75) is 58.6 Å². The van der Waals surface area contributed by atoms with Crippen molar-refractivity contribution >= 4 is 17.7 Å². The number of aromatic nitrogens is 3. The number of hydrogen-bond donors (Lipinski definition) is 1. The van der Waals surface area contributed by atoms with Gasteiger partial charge in [0.15, 0.2) is 11.5 Å². The topological polar surface area (TPSA) is 119 Å². The Bertz CT molecular complexity index is 1160. The summed E-state index contributed by atoms with van der Waals surface area (Å²) in [5.41, 5.74) is 0.934. The predicted octanol–water partition coefficient (Wildman–Crippen LogP) is 2.67. The van der Waals surface area contributed by atoms with Crippen LogP contribution in [-0.4, -0.2) is 82.9 Å². The average Bonchev–Trinajstić information content (AvgIpc) is 3.57. The lowest BCUT2D eigenvalue weighted by molar-refractivity contribution is -0.135. The van der Waals surface area contributed by atoms with E-state index < -0.39 is 0 Å². The first kappa shape index (κ1) is 28.4. The standard InChI is InChI=1S/C28H40N6O5/c1-5-8-19(9-6-2)27(36)33-15-20-14-25(35)29-12-13-32(3)28(37)22-10-7-11-24(38-4)26(22)39-18-21-16-34(31-30-21)23(20)17-33/h7,10-11,16,19-20,23H,5-6,8-9,12-15,17-18H2,1-4H3,(H,29,35)/t20-,23+/m0/s1. The van der Waals surface area contributed by atoms with Crippen LogP contribution in [0.3, 0.4) is 0 Å². The summed E-state index contributed by atoms with van der Waals surface area (Å²) in [7, 11) is 3.21. The molecule has 2 atom stereocenters. The van der Waals surface area contributed by atoms with Gasteiger partial charge < -0.3 is 24.6 Å². The van der Waals surface area contributed by atoms with Gasteiger partial charge in [0.25, 0.3) is 5.91 Å². The summed E-state index contributed by atoms with van der Waals surface area (Å²) in [6, 6.07) is 4.99. The highest BCUT2D eigenvalue weighted by Crippen LogP contribution is 2.34. The van der Waals surface area contributed by atoms with Crippen molar-refractivity contribution in [2.75, 3.05) is 40.3 Å². The van der Waals surface area contributed by atoms with Crippen molar-refractivity contribution < 1.29 is 23.9 Å². The van der Waals surface area contributed by atoms with Gasteiger partial charge in [-0.1, -0.05) is 38.0 Å². The molecular formula is C28H40N6O5. The van der Waals surface area contributed by atoms with Crippen molar-refractivity contribution in [3.05, 3.63) is 35.7 Å². The van der Waals surface area contributed by atoms with Crippen molar-refractivity contribution in [2.24, 2.45) is 11.8 Å². The smallest absolute Gasteiger partial charge is 0.257 e. The maximum Gasteiger partial charge on any atom is 0.257 e. The van der Waals surface area contributed by atoms with Crippen LogP contribution in [0.25, 0.3) is 0 Å². The normalized spacial score (nSPS) is 20.3. The number of methoxy groups -OCH3 is 1. The molecular weight excluding hydrogens is 500 g/mol. The number of para-hydroxylation sites is 1. The molecule has 1 fully saturated rings. The molecule has 0 saturated carbocycles. The zero-order valence-corrected chi connectivity index (χ0v) is 23.4. The number of likely N-dealkylation sites (N-methyl/N-ethyl adjacent to an activating group) is 1. The van der Waals surface area contributed by atoms with Crippen LogP contribution in [0.5, 0.6) is 11.5 Å². The molecule has 1 aromatic carbocycles. The first-order valence-electron chi connectivity index (χ1n) is 13.9. The van der Waals surface area contributed by atoms with E-state index in [0.717, 1.165) is 25.7 Å². The highest BCUT2D eigenvalue weighted by molar-refractivity contribution is 5.97. The summed E-state index contributed by atoms with van der Waals surface area (Å²) >= 11 is 0. The van der Waals surface area contributed by atoms with Crippen molar-refractivity contribution in [1.29, 1.82) is 0 Å². The molecule has 3 amide bonds. The summed E-state index contributed by atoms with van der Waals surface area (Å²) in [5, 5.41) is 11.6. The number of nitrogens with one attached hydrogen (secondary N) is 1. The lowest BCUT2D eigenvalue weighted by Crippen LogP contribution is -2.37. The number of likely N-dealkylation sites (tertiary alicyclic amines) is 1. The van der Waals surface area contributed by atoms with Crippen molar-refractivity contribution in [3.63, 3.8) is 0 Å². The van der Waals surface area contributed by atoms with Gasteiger partial charge in [-0.3, -0.25) is 14.4 Å². The highest BCUT2D eigenvalue weighted by atomic mass is 16.5. The molecule has 1 aromatic heterocycles. The fraction of sp³-hybridized carbons (Fsp3) is 0.607. The Morgan fingerprint density at radius 2 is 1.97 bits per heavy atom. The van der Waals surface area contributed by atoms with Crippen LogP contribution < -0.4 is 14.8 Å². The Morgan fingerprint density at radius 3 is 2.69 bits per heavy atom. The molecule has 212 valence electrons. The van der Waals surface area contributed by atoms with Crippen LogP contribution in [0, 0.1) is 11.8 Å². The fourth-order valence-corrected chi connectivity index (χ4v) is 5.54.